The fourth-order valence-electron chi connectivity index (χ4n) is 2.37. The van der Waals surface area contributed by atoms with Gasteiger partial charge < -0.3 is 10.6 Å². The predicted octanol–water partition coefficient (Wildman–Crippen LogP) is 1.29. The lowest BCUT2D eigenvalue weighted by Crippen LogP contribution is -2.57. The molecule has 0 spiro atoms. The molecule has 0 saturated carbocycles. The summed E-state index contributed by atoms with van der Waals surface area (Å²) in [5.74, 6) is -0.383. The second-order valence-corrected chi connectivity index (χ2v) is 9.78. The van der Waals surface area contributed by atoms with Gasteiger partial charge in [-0.15, -0.1) is 11.3 Å². The maximum atomic E-state index is 12.4. The lowest BCUT2D eigenvalue weighted by atomic mass is 9.96. The number of thiophene rings is 1. The Morgan fingerprint density at radius 1 is 1.45 bits per heavy atom. The van der Waals surface area contributed by atoms with Gasteiger partial charge in [0.2, 0.25) is 5.91 Å². The lowest BCUT2D eigenvalue weighted by molar-refractivity contribution is -0.124. The second kappa shape index (κ2) is 6.13. The van der Waals surface area contributed by atoms with Gasteiger partial charge in [-0.2, -0.15) is 0 Å². The fraction of sp³-hybridized carbons (Fsp3) is 0.583. The molecule has 1 fully saturated rings. The quantitative estimate of drug-likeness (QED) is 0.825. The third-order valence-corrected chi connectivity index (χ3v) is 7.22. The lowest BCUT2D eigenvalue weighted by Gasteiger charge is -2.34. The zero-order valence-corrected chi connectivity index (χ0v) is 14.3. The summed E-state index contributed by atoms with van der Waals surface area (Å²) >= 11 is 4.88. The van der Waals surface area contributed by atoms with Gasteiger partial charge in [-0.05, 0) is 54.0 Å². The molecule has 1 aromatic heterocycles. The van der Waals surface area contributed by atoms with Crippen LogP contribution in [0.15, 0.2) is 15.9 Å². The molecule has 0 atom stereocenters. The summed E-state index contributed by atoms with van der Waals surface area (Å²) in [5.41, 5.74) is 0. The first-order valence-corrected chi connectivity index (χ1v) is 9.78. The summed E-state index contributed by atoms with van der Waals surface area (Å²) in [6, 6.07) is 3.81. The summed E-state index contributed by atoms with van der Waals surface area (Å²) in [7, 11) is -3.44. The number of sulfone groups is 1. The van der Waals surface area contributed by atoms with Crippen molar-refractivity contribution in [2.24, 2.45) is 0 Å². The normalized spacial score (nSPS) is 18.7. The molecular weight excluding hydrogens is 364 g/mol. The molecule has 2 N–H and O–H groups in total. The Labute approximate surface area is 131 Å². The molecule has 2 rings (SSSR count). The Balaban J connectivity index is 2.11. The van der Waals surface area contributed by atoms with Crippen LogP contribution >= 0.6 is 27.3 Å². The topological polar surface area (TPSA) is 75.3 Å². The summed E-state index contributed by atoms with van der Waals surface area (Å²) in [6.45, 7) is 1.45. The first-order chi connectivity index (χ1) is 9.35. The number of nitrogens with one attached hydrogen (secondary N) is 2. The number of hydrogen-bond donors (Lipinski definition) is 2. The Kier molecular flexibility index (Phi) is 4.88. The van der Waals surface area contributed by atoms with E-state index in [2.05, 4.69) is 26.6 Å². The molecule has 1 aliphatic rings. The predicted molar refractivity (Wildman–Crippen MR) is 83.5 cm³/mol. The number of rotatable bonds is 4. The van der Waals surface area contributed by atoms with Crippen LogP contribution in [0.25, 0.3) is 0 Å². The van der Waals surface area contributed by atoms with Crippen molar-refractivity contribution < 1.29 is 13.2 Å². The van der Waals surface area contributed by atoms with Crippen LogP contribution in [0, 0.1) is 0 Å². The van der Waals surface area contributed by atoms with E-state index in [9.17, 15) is 13.2 Å². The van der Waals surface area contributed by atoms with E-state index in [-0.39, 0.29) is 5.91 Å². The van der Waals surface area contributed by atoms with E-state index in [0.29, 0.717) is 32.5 Å². The van der Waals surface area contributed by atoms with Gasteiger partial charge in [0, 0.05) is 11.1 Å². The molecule has 0 radical (unpaired) electrons. The Hall–Kier alpha value is -0.440. The molecule has 0 aromatic carbocycles. The van der Waals surface area contributed by atoms with Crippen LogP contribution in [0.4, 0.5) is 0 Å². The van der Waals surface area contributed by atoms with E-state index in [1.165, 1.54) is 11.3 Å². The summed E-state index contributed by atoms with van der Waals surface area (Å²) < 4.78 is 23.8. The monoisotopic (exact) mass is 380 g/mol. The van der Waals surface area contributed by atoms with E-state index in [1.54, 1.807) is 0 Å². The van der Waals surface area contributed by atoms with E-state index in [1.807, 2.05) is 12.1 Å². The number of carbonyl (C=O) groups excluding carboxylic acids is 1. The average molecular weight is 381 g/mol. The molecule has 0 bridgehead atoms. The van der Waals surface area contributed by atoms with Gasteiger partial charge in [-0.1, -0.05) is 0 Å². The van der Waals surface area contributed by atoms with Crippen molar-refractivity contribution in [3.05, 3.63) is 20.8 Å². The zero-order chi connectivity index (χ0) is 14.8. The van der Waals surface area contributed by atoms with E-state index in [4.69, 9.17) is 0 Å². The van der Waals surface area contributed by atoms with Crippen LogP contribution in [0.5, 0.6) is 0 Å². The Morgan fingerprint density at radius 3 is 2.60 bits per heavy atom. The van der Waals surface area contributed by atoms with Crippen molar-refractivity contribution in [1.29, 1.82) is 0 Å². The molecule has 5 nitrogen and oxygen atoms in total. The van der Waals surface area contributed by atoms with Crippen molar-refractivity contribution in [2.75, 3.05) is 19.3 Å². The van der Waals surface area contributed by atoms with Gasteiger partial charge >= 0.3 is 0 Å². The maximum absolute atomic E-state index is 12.4. The van der Waals surface area contributed by atoms with E-state index < -0.39 is 14.6 Å². The van der Waals surface area contributed by atoms with Crippen LogP contribution in [0.2, 0.25) is 0 Å². The minimum Gasteiger partial charge on any atom is -0.350 e. The maximum Gasteiger partial charge on any atom is 0.241 e. The molecule has 1 saturated heterocycles. The molecule has 8 heteroatoms. The highest BCUT2D eigenvalue weighted by atomic mass is 79.9. The van der Waals surface area contributed by atoms with Crippen molar-refractivity contribution in [1.82, 2.24) is 10.6 Å². The third-order valence-electron chi connectivity index (χ3n) is 3.59. The van der Waals surface area contributed by atoms with Gasteiger partial charge in [-0.25, -0.2) is 8.42 Å². The SMILES string of the molecule is CS(=O)(=O)C1(C(=O)NCc2ccc(Br)s2)CCNCC1. The van der Waals surface area contributed by atoms with Gasteiger partial charge in [-0.3, -0.25) is 4.79 Å². The first-order valence-electron chi connectivity index (χ1n) is 6.28. The molecule has 20 heavy (non-hydrogen) atoms. The second-order valence-electron chi connectivity index (χ2n) is 4.90. The van der Waals surface area contributed by atoms with Crippen LogP contribution < -0.4 is 10.6 Å². The average Bonchev–Trinajstić information content (AvgIpc) is 2.81. The smallest absolute Gasteiger partial charge is 0.241 e. The van der Waals surface area contributed by atoms with Crippen LogP contribution in [-0.4, -0.2) is 38.4 Å². The first kappa shape index (κ1) is 15.9. The number of hydrogen-bond acceptors (Lipinski definition) is 5. The number of halogens is 1. The molecule has 0 unspecified atom stereocenters. The van der Waals surface area contributed by atoms with Crippen molar-refractivity contribution >= 4 is 43.0 Å². The Bertz CT molecular complexity index is 592. The van der Waals surface area contributed by atoms with Crippen LogP contribution in [0.1, 0.15) is 17.7 Å². The molecule has 1 amide bonds. The standard InChI is InChI=1S/C12H17BrN2O3S2/c1-20(17,18)12(4-6-14-7-5-12)11(16)15-8-9-2-3-10(13)19-9/h2-3,14H,4-8H2,1H3,(H,15,16). The third kappa shape index (κ3) is 3.24. The van der Waals surface area contributed by atoms with Gasteiger partial charge in [0.1, 0.15) is 0 Å². The van der Waals surface area contributed by atoms with E-state index >= 15 is 0 Å². The Morgan fingerprint density at radius 2 is 2.10 bits per heavy atom. The molecule has 1 aliphatic heterocycles. The molecule has 1 aromatic rings. The summed E-state index contributed by atoms with van der Waals surface area (Å²) in [4.78, 5) is 13.4. The van der Waals surface area contributed by atoms with Gasteiger partial charge in [0.25, 0.3) is 0 Å². The number of amides is 1. The minimum absolute atomic E-state index is 0.325. The minimum atomic E-state index is -3.44. The van der Waals surface area contributed by atoms with Crippen molar-refractivity contribution in [2.45, 2.75) is 24.1 Å². The van der Waals surface area contributed by atoms with Gasteiger partial charge in [0.15, 0.2) is 14.6 Å². The van der Waals surface area contributed by atoms with Crippen molar-refractivity contribution in [3.8, 4) is 0 Å². The summed E-state index contributed by atoms with van der Waals surface area (Å²) in [6.07, 6.45) is 1.80. The van der Waals surface area contributed by atoms with E-state index in [0.717, 1.165) is 14.9 Å². The molecular formula is C12H17BrN2O3S2. The number of piperidine rings is 1. The zero-order valence-electron chi connectivity index (χ0n) is 11.1. The highest BCUT2D eigenvalue weighted by Crippen LogP contribution is 2.28. The van der Waals surface area contributed by atoms with Crippen molar-refractivity contribution in [3.63, 3.8) is 0 Å². The molecule has 2 heterocycles. The van der Waals surface area contributed by atoms with Gasteiger partial charge in [0.05, 0.1) is 10.3 Å². The molecule has 0 aliphatic carbocycles. The number of carbonyl (C=O) groups is 1. The fourth-order valence-corrected chi connectivity index (χ4v) is 5.15. The highest BCUT2D eigenvalue weighted by molar-refractivity contribution is 9.11. The molecule has 112 valence electrons. The summed E-state index contributed by atoms with van der Waals surface area (Å²) in [5, 5.41) is 5.87. The highest BCUT2D eigenvalue weighted by Gasteiger charge is 2.48. The largest absolute Gasteiger partial charge is 0.350 e. The van der Waals surface area contributed by atoms with Crippen LogP contribution in [0.3, 0.4) is 0 Å². The van der Waals surface area contributed by atoms with Crippen LogP contribution in [-0.2, 0) is 21.2 Å².